The fraction of sp³-hybridized carbons (Fsp3) is 0.750. The molecule has 6 aliphatic heterocycles. The predicted octanol–water partition coefficient (Wildman–Crippen LogP) is 0.0153. The second-order valence-electron chi connectivity index (χ2n) is 11.8. The van der Waals surface area contributed by atoms with Crippen molar-refractivity contribution in [2.45, 2.75) is 74.7 Å². The summed E-state index contributed by atoms with van der Waals surface area (Å²) in [7, 11) is 2.99. The molecule has 326 valence electrons. The first kappa shape index (κ1) is 58.4. The zero-order valence-corrected chi connectivity index (χ0v) is 38.4. The van der Waals surface area contributed by atoms with Crippen LogP contribution >= 0.6 is 34.8 Å². The van der Waals surface area contributed by atoms with Crippen LogP contribution < -0.4 is 11.1 Å². The van der Waals surface area contributed by atoms with Gasteiger partial charge in [0.05, 0.1) is 63.9 Å². The summed E-state index contributed by atoms with van der Waals surface area (Å²) in [6.07, 6.45) is -1.10. The maximum absolute atomic E-state index is 10.8. The number of rotatable bonds is 11. The van der Waals surface area contributed by atoms with Gasteiger partial charge < -0.3 is 70.5 Å². The monoisotopic (exact) mass is 1050 g/mol. The molecule has 2 radical (unpaired) electrons. The summed E-state index contributed by atoms with van der Waals surface area (Å²) in [6, 6.07) is 0. The minimum Gasteiger partial charge on any atom is -0.542 e. The van der Waals surface area contributed by atoms with Crippen molar-refractivity contribution in [1.29, 1.82) is 0 Å². The number of ether oxygens (including phenoxy) is 6. The first-order chi connectivity index (χ1) is 26.4. The molecule has 2 amide bonds. The summed E-state index contributed by atoms with van der Waals surface area (Å²) in [5, 5.41) is 29.5. The predicted molar refractivity (Wildman–Crippen MR) is 182 cm³/mol. The Hall–Kier alpha value is -1.74. The smallest absolute Gasteiger partial charge is 0.313 e. The van der Waals surface area contributed by atoms with Gasteiger partial charge in [-0.1, -0.05) is 6.92 Å². The molecule has 12 atom stereocenters. The first-order valence-corrected chi connectivity index (χ1v) is 17.1. The molecule has 6 saturated heterocycles. The average molecular weight is 1050 g/mol. The van der Waals surface area contributed by atoms with Gasteiger partial charge in [-0.05, 0) is 40.7 Å². The van der Waals surface area contributed by atoms with E-state index in [-0.39, 0.29) is 134 Å². The maximum atomic E-state index is 10.8. The van der Waals surface area contributed by atoms with Gasteiger partial charge in [0.2, 0.25) is 5.24 Å². The SMILES string of the molecule is C[C@@H]1CO[C@H]2[C@@H]1OC[C@@H]2O[N+](=O)[O-].O=C(Cl)C[C@@H]1CO[C@H]2[C@@H]1OC[C@@H]2O[N+](=O)[O-].O=C(Cl)Cl.O=[C-]C[C@@H]1CO[C@H]2[C@@H]1OC[C@@H]2O[N+](=O)[O-].[CH2-]C(N)=O.[CH2-]NC=O.[Y].[Y]. The standard InChI is InChI=1S/C8H10ClNO6.C8H10NO6.C7H11NO5.2C2H4NO.CCl2O.2Y/c9-6(11)1-4-2-14-8-5(16-10(12)13)3-15-7(4)8;10-2-1-5-3-13-8-6(15-9(11)12)4-14-7(5)8;1-4-2-11-7-5(13-8(9)10)3-12-6(4)7;1-3-2-4;1-2(3)4;2-1(3)4;;/h4-5,7-8H,1-3H2;5-8H,1,3-4H2;4-7H,2-3H2,1H3;2H,1H2,(H,3,4);1H2,(H2,3,4);;;/q;-1;;2*-1;;;/t4-,5+,7-,8-;5-,6+,7-,8-;4-,5+,6-,7-;;;;;/m111...../s1. The van der Waals surface area contributed by atoms with E-state index in [1.807, 2.05) is 12.2 Å². The Bertz CT molecular complexity index is 1290. The van der Waals surface area contributed by atoms with Crippen molar-refractivity contribution >= 4 is 63.4 Å². The number of primary amides is 1. The van der Waals surface area contributed by atoms with Crippen LogP contribution in [-0.2, 0) is 128 Å². The van der Waals surface area contributed by atoms with Gasteiger partial charge in [-0.3, -0.25) is 27.7 Å². The van der Waals surface area contributed by atoms with Crippen molar-refractivity contribution in [2.24, 2.45) is 23.5 Å². The number of hydrogen-bond donors (Lipinski definition) is 2. The second-order valence-corrected chi connectivity index (χ2v) is 13.1. The van der Waals surface area contributed by atoms with Crippen LogP contribution in [0.5, 0.6) is 0 Å². The van der Waals surface area contributed by atoms with Crippen molar-refractivity contribution in [2.75, 3.05) is 39.6 Å². The molecule has 6 heterocycles. The first-order valence-electron chi connectivity index (χ1n) is 16.0. The Labute approximate surface area is 395 Å². The van der Waals surface area contributed by atoms with Crippen LogP contribution in [0.1, 0.15) is 19.8 Å². The van der Waals surface area contributed by atoms with Crippen molar-refractivity contribution in [3.8, 4) is 0 Å². The molecule has 6 fully saturated rings. The summed E-state index contributed by atoms with van der Waals surface area (Å²) in [5.41, 5.74) is 4.36. The Morgan fingerprint density at radius 3 is 1.40 bits per heavy atom. The van der Waals surface area contributed by atoms with Gasteiger partial charge in [-0.25, -0.2) is 0 Å². The topological polar surface area (TPSA) is 336 Å². The van der Waals surface area contributed by atoms with Crippen LogP contribution in [0.4, 0.5) is 4.79 Å². The van der Waals surface area contributed by atoms with Crippen LogP contribution in [0, 0.1) is 62.1 Å². The van der Waals surface area contributed by atoms with Gasteiger partial charge in [-0.15, -0.1) is 36.8 Å². The van der Waals surface area contributed by atoms with E-state index in [4.69, 9.17) is 54.4 Å². The molecular weight excluding hydrogens is 1010 g/mol. The quantitative estimate of drug-likeness (QED) is 0.0905. The van der Waals surface area contributed by atoms with E-state index in [9.17, 15) is 39.9 Å². The maximum Gasteiger partial charge on any atom is 0.313 e. The Kier molecular flexibility index (Phi) is 31.3. The fourth-order valence-corrected chi connectivity index (χ4v) is 6.21. The molecule has 25 nitrogen and oxygen atoms in total. The van der Waals surface area contributed by atoms with Crippen LogP contribution in [-0.4, -0.2) is 138 Å². The molecule has 0 aromatic carbocycles. The Morgan fingerprint density at radius 2 is 1.05 bits per heavy atom. The van der Waals surface area contributed by atoms with Gasteiger partial charge in [0.1, 0.15) is 18.3 Å². The van der Waals surface area contributed by atoms with Gasteiger partial charge in [0.15, 0.2) is 24.7 Å². The third kappa shape index (κ3) is 21.7. The molecule has 0 aromatic heterocycles. The number of carbonyl (C=O) groups excluding carboxylic acids is 5. The number of amides is 2. The summed E-state index contributed by atoms with van der Waals surface area (Å²) < 4.78 is 31.1. The van der Waals surface area contributed by atoms with Gasteiger partial charge in [0, 0.05) is 83.7 Å². The molecule has 6 rings (SSSR count). The van der Waals surface area contributed by atoms with Crippen LogP contribution in [0.2, 0.25) is 0 Å². The van der Waals surface area contributed by atoms with E-state index in [2.05, 4.69) is 57.4 Å². The number of hydrogen-bond acceptors (Lipinski definition) is 20. The number of nitrogens with zero attached hydrogens (tertiary/aromatic N) is 3. The van der Waals surface area contributed by atoms with E-state index in [0.29, 0.717) is 32.1 Å². The largest absolute Gasteiger partial charge is 0.542 e. The molecule has 0 aliphatic carbocycles. The van der Waals surface area contributed by atoms with Gasteiger partial charge in [0.25, 0.3) is 15.3 Å². The molecule has 30 heteroatoms. The van der Waals surface area contributed by atoms with E-state index in [1.165, 1.54) is 0 Å². The summed E-state index contributed by atoms with van der Waals surface area (Å²) in [4.78, 5) is 91.8. The summed E-state index contributed by atoms with van der Waals surface area (Å²) in [6.45, 7) is 6.52. The molecule has 0 spiro atoms. The number of carbonyl (C=O) groups is 4. The molecular formula is C28H39Cl3N5O20Y2-3. The molecule has 6 aliphatic rings. The van der Waals surface area contributed by atoms with E-state index in [0.717, 1.165) is 0 Å². The van der Waals surface area contributed by atoms with E-state index < -0.39 is 61.6 Å². The molecule has 0 unspecified atom stereocenters. The zero-order valence-electron chi connectivity index (χ0n) is 30.4. The molecule has 0 bridgehead atoms. The third-order valence-corrected chi connectivity index (χ3v) is 8.15. The van der Waals surface area contributed by atoms with E-state index in [1.54, 1.807) is 6.29 Å². The second kappa shape index (κ2) is 31.2. The average Bonchev–Trinajstić information content (AvgIpc) is 3.93. The molecule has 58 heavy (non-hydrogen) atoms. The van der Waals surface area contributed by atoms with Crippen molar-refractivity contribution in [3.05, 3.63) is 44.3 Å². The minimum absolute atomic E-state index is 0. The van der Waals surface area contributed by atoms with Crippen molar-refractivity contribution in [3.63, 3.8) is 0 Å². The normalized spacial score (nSPS) is 31.1. The van der Waals surface area contributed by atoms with Crippen molar-refractivity contribution in [1.82, 2.24) is 5.32 Å². The van der Waals surface area contributed by atoms with Crippen LogP contribution in [0.3, 0.4) is 0 Å². The molecule has 3 N–H and O–H groups in total. The van der Waals surface area contributed by atoms with Crippen LogP contribution in [0.15, 0.2) is 0 Å². The van der Waals surface area contributed by atoms with Gasteiger partial charge in [-0.2, -0.15) is 0 Å². The van der Waals surface area contributed by atoms with Gasteiger partial charge >= 0.3 is 4.70 Å². The number of halogens is 3. The fourth-order valence-electron chi connectivity index (χ4n) is 6.01. The van der Waals surface area contributed by atoms with Crippen LogP contribution in [0.25, 0.3) is 0 Å². The zero-order chi connectivity index (χ0) is 42.5. The molecule has 0 aromatic rings. The Balaban J connectivity index is 0. The number of fused-ring (bicyclic) bond motifs is 3. The Morgan fingerprint density at radius 1 is 0.741 bits per heavy atom. The third-order valence-electron chi connectivity index (χ3n) is 7.99. The number of nitrogens with two attached hydrogens (primary N) is 1. The molecule has 0 saturated carbocycles. The number of nitrogens with one attached hydrogen (secondary N) is 1. The minimum atomic E-state index is -0.889. The van der Waals surface area contributed by atoms with E-state index >= 15 is 0 Å². The summed E-state index contributed by atoms with van der Waals surface area (Å²) in [5.74, 6) is -0.492. The van der Waals surface area contributed by atoms with Crippen molar-refractivity contribution < 1.29 is 148 Å². The summed E-state index contributed by atoms with van der Waals surface area (Å²) >= 11 is 14.1.